The Hall–Kier alpha value is -4.58. The number of amides is 2. The van der Waals surface area contributed by atoms with Crippen molar-refractivity contribution in [2.24, 2.45) is 0 Å². The fraction of sp³-hybridized carbons (Fsp3) is 0.400. The Morgan fingerprint density at radius 3 is 2.55 bits per heavy atom. The summed E-state index contributed by atoms with van der Waals surface area (Å²) in [5.41, 5.74) is 2.77. The second-order valence-corrected chi connectivity index (χ2v) is 10.5. The van der Waals surface area contributed by atoms with Crippen LogP contribution in [0.25, 0.3) is 0 Å². The van der Waals surface area contributed by atoms with Crippen LogP contribution < -0.4 is 18.9 Å². The number of hydrogen-bond acceptors (Lipinski definition) is 10. The third-order valence-electron chi connectivity index (χ3n) is 8.44. The molecule has 3 N–H and O–H groups in total. The molecule has 42 heavy (non-hydrogen) atoms. The first-order chi connectivity index (χ1) is 20.3. The van der Waals surface area contributed by atoms with Gasteiger partial charge in [-0.1, -0.05) is 25.3 Å². The first-order valence-corrected chi connectivity index (χ1v) is 13.6. The van der Waals surface area contributed by atoms with Crippen molar-refractivity contribution in [3.63, 3.8) is 0 Å². The molecule has 0 radical (unpaired) electrons. The summed E-state index contributed by atoms with van der Waals surface area (Å²) in [5.74, 6) is 0.218. The van der Waals surface area contributed by atoms with Gasteiger partial charge in [-0.2, -0.15) is 0 Å². The predicted molar refractivity (Wildman–Crippen MR) is 147 cm³/mol. The van der Waals surface area contributed by atoms with Gasteiger partial charge in [-0.15, -0.1) is 0 Å². The van der Waals surface area contributed by atoms with Crippen molar-refractivity contribution in [2.45, 2.75) is 43.9 Å². The second-order valence-electron chi connectivity index (χ2n) is 10.5. The average molecular weight is 581 g/mol. The van der Waals surface area contributed by atoms with Crippen LogP contribution in [0.15, 0.2) is 31.4 Å². The third kappa shape index (κ3) is 3.78. The number of ether oxygens (including phenoxy) is 5. The zero-order chi connectivity index (χ0) is 29.9. The zero-order valence-electron chi connectivity index (χ0n) is 23.3. The highest BCUT2D eigenvalue weighted by molar-refractivity contribution is 5.91. The Morgan fingerprint density at radius 2 is 1.86 bits per heavy atom. The number of phenols is 2. The van der Waals surface area contributed by atoms with E-state index in [1.165, 1.54) is 24.2 Å². The maximum Gasteiger partial charge on any atom is 0.411 e. The molecule has 2 amide bonds. The molecular weight excluding hydrogens is 548 g/mol. The van der Waals surface area contributed by atoms with Crippen LogP contribution in [-0.2, 0) is 22.4 Å². The highest BCUT2D eigenvalue weighted by atomic mass is 16.7. The highest BCUT2D eigenvalue weighted by Crippen LogP contribution is 2.58. The molecule has 4 aliphatic heterocycles. The quantitative estimate of drug-likeness (QED) is 0.418. The van der Waals surface area contributed by atoms with E-state index in [1.54, 1.807) is 11.0 Å². The molecule has 6 rings (SSSR count). The number of aromatic hydroxyl groups is 2. The van der Waals surface area contributed by atoms with Gasteiger partial charge >= 0.3 is 6.09 Å². The van der Waals surface area contributed by atoms with E-state index in [0.717, 1.165) is 0 Å². The molecule has 2 aromatic carbocycles. The number of phenolic OH excluding ortho intramolecular Hbond substituents is 2. The first kappa shape index (κ1) is 27.6. The summed E-state index contributed by atoms with van der Waals surface area (Å²) in [7, 11) is 1.31. The summed E-state index contributed by atoms with van der Waals surface area (Å²) in [6.45, 7) is 8.82. The molecule has 12 nitrogen and oxygen atoms in total. The van der Waals surface area contributed by atoms with Crippen LogP contribution in [0, 0.1) is 6.92 Å². The minimum atomic E-state index is -1.04. The minimum Gasteiger partial charge on any atom is -0.504 e. The van der Waals surface area contributed by atoms with Crippen molar-refractivity contribution >= 4 is 12.0 Å². The lowest BCUT2D eigenvalue weighted by Gasteiger charge is -2.57. The number of benzene rings is 2. The van der Waals surface area contributed by atoms with Gasteiger partial charge in [-0.05, 0) is 25.0 Å². The van der Waals surface area contributed by atoms with Crippen LogP contribution >= 0.6 is 0 Å². The van der Waals surface area contributed by atoms with Gasteiger partial charge in [0.25, 0.3) is 0 Å². The van der Waals surface area contributed by atoms with E-state index in [2.05, 4.69) is 13.2 Å². The van der Waals surface area contributed by atoms with Crippen LogP contribution in [0.1, 0.15) is 39.9 Å². The number of aliphatic hydroxyl groups is 1. The third-order valence-corrected chi connectivity index (χ3v) is 8.44. The van der Waals surface area contributed by atoms with Crippen molar-refractivity contribution in [1.29, 1.82) is 0 Å². The fourth-order valence-corrected chi connectivity index (χ4v) is 6.92. The van der Waals surface area contributed by atoms with Crippen molar-refractivity contribution < 1.29 is 48.6 Å². The highest BCUT2D eigenvalue weighted by Gasteiger charge is 2.58. The predicted octanol–water partition coefficient (Wildman–Crippen LogP) is 2.80. The number of hydrogen-bond donors (Lipinski definition) is 3. The lowest BCUT2D eigenvalue weighted by Crippen LogP contribution is -2.69. The molecule has 222 valence electrons. The van der Waals surface area contributed by atoms with E-state index < -0.39 is 42.8 Å². The van der Waals surface area contributed by atoms with E-state index in [0.29, 0.717) is 45.1 Å². The lowest BCUT2D eigenvalue weighted by molar-refractivity contribution is -0.158. The molecule has 1 saturated heterocycles. The Morgan fingerprint density at radius 1 is 1.12 bits per heavy atom. The fourth-order valence-electron chi connectivity index (χ4n) is 6.92. The Bertz CT molecular complexity index is 1500. The molecule has 0 aromatic heterocycles. The van der Waals surface area contributed by atoms with Gasteiger partial charge in [0.05, 0.1) is 31.8 Å². The molecule has 4 aliphatic rings. The summed E-state index contributed by atoms with van der Waals surface area (Å²) in [5, 5.41) is 32.8. The molecule has 4 atom stereocenters. The summed E-state index contributed by atoms with van der Waals surface area (Å²) >= 11 is 0. The molecule has 0 saturated carbocycles. The van der Waals surface area contributed by atoms with E-state index >= 15 is 0 Å². The van der Waals surface area contributed by atoms with Crippen LogP contribution in [0.2, 0.25) is 0 Å². The molecule has 0 unspecified atom stereocenters. The first-order valence-electron chi connectivity index (χ1n) is 13.6. The summed E-state index contributed by atoms with van der Waals surface area (Å²) < 4.78 is 28.5. The molecule has 12 heteroatoms. The number of fused-ring (bicyclic) bond motifs is 9. The van der Waals surface area contributed by atoms with Crippen LogP contribution in [0.5, 0.6) is 34.5 Å². The SMILES string of the molecule is C=CCOC(=O)N1[C@@H]2Cc3cc(O)c(OC)c(O)c3[C@H]1[C@H]1Cc3c(OCC=C)c(C)c4c(c3[C@@H](CO)N1C2=O)OCO4. The largest absolute Gasteiger partial charge is 0.504 e. The summed E-state index contributed by atoms with van der Waals surface area (Å²) in [6, 6.07) is -2.16. The van der Waals surface area contributed by atoms with Gasteiger partial charge < -0.3 is 43.9 Å². The topological polar surface area (TPSA) is 147 Å². The van der Waals surface area contributed by atoms with Crippen molar-refractivity contribution in [1.82, 2.24) is 9.80 Å². The zero-order valence-corrected chi connectivity index (χ0v) is 23.3. The van der Waals surface area contributed by atoms with Gasteiger partial charge in [0.15, 0.2) is 23.0 Å². The number of aliphatic hydroxyl groups excluding tert-OH is 1. The summed E-state index contributed by atoms with van der Waals surface area (Å²) in [6.07, 6.45) is 2.44. The molecule has 2 aromatic rings. The van der Waals surface area contributed by atoms with Crippen LogP contribution in [-0.4, -0.2) is 82.9 Å². The van der Waals surface area contributed by atoms with Gasteiger partial charge in [0.2, 0.25) is 18.4 Å². The minimum absolute atomic E-state index is 0.00743. The van der Waals surface area contributed by atoms with Gasteiger partial charge in [0, 0.05) is 28.7 Å². The number of methoxy groups -OCH3 is 1. The molecule has 4 heterocycles. The molecule has 0 aliphatic carbocycles. The number of piperazine rings is 1. The number of carbonyl (C=O) groups excluding carboxylic acids is 2. The average Bonchev–Trinajstić information content (AvgIpc) is 3.47. The number of nitrogens with zero attached hydrogens (tertiary/aromatic N) is 2. The monoisotopic (exact) mass is 580 g/mol. The van der Waals surface area contributed by atoms with E-state index in [4.69, 9.17) is 23.7 Å². The van der Waals surface area contributed by atoms with Crippen LogP contribution in [0.3, 0.4) is 0 Å². The smallest absolute Gasteiger partial charge is 0.411 e. The Kier molecular flexibility index (Phi) is 6.80. The van der Waals surface area contributed by atoms with Gasteiger partial charge in [0.1, 0.15) is 25.0 Å². The Labute approximate surface area is 241 Å². The van der Waals surface area contributed by atoms with E-state index in [1.807, 2.05) is 6.92 Å². The second kappa shape index (κ2) is 10.4. The van der Waals surface area contributed by atoms with Crippen molar-refractivity contribution in [2.75, 3.05) is 33.7 Å². The van der Waals surface area contributed by atoms with E-state index in [9.17, 15) is 24.9 Å². The molecule has 0 spiro atoms. The number of rotatable bonds is 7. The Balaban J connectivity index is 1.60. The molecular formula is C30H32N2O10. The summed E-state index contributed by atoms with van der Waals surface area (Å²) in [4.78, 5) is 30.8. The van der Waals surface area contributed by atoms with E-state index in [-0.39, 0.29) is 50.1 Å². The molecule has 1 fully saturated rings. The standard InChI is InChI=1S/C30H32N2O10/c1-5-7-39-25-14(3)26-28(42-13-41-26)22-16(25)11-17-23-21-15(10-20(34)27(38-4)24(21)35)9-18(29(36)31(17)19(22)12-33)32(23)30(37)40-8-6-2/h5-6,10,17-19,23,33-35H,1-2,7-9,11-13H2,3-4H3/t17-,18-,19-,23-/m1/s1. The van der Waals surface area contributed by atoms with Crippen molar-refractivity contribution in [3.8, 4) is 34.5 Å². The van der Waals surface area contributed by atoms with Crippen LogP contribution in [0.4, 0.5) is 4.79 Å². The van der Waals surface area contributed by atoms with Crippen molar-refractivity contribution in [3.05, 3.63) is 59.2 Å². The lowest BCUT2D eigenvalue weighted by atomic mass is 9.73. The number of carbonyl (C=O) groups is 2. The maximum atomic E-state index is 14.3. The normalized spacial score (nSPS) is 23.0. The van der Waals surface area contributed by atoms with Gasteiger partial charge in [-0.25, -0.2) is 4.79 Å². The maximum absolute atomic E-state index is 14.3. The van der Waals surface area contributed by atoms with Gasteiger partial charge in [-0.3, -0.25) is 9.69 Å². The molecule has 2 bridgehead atoms.